The van der Waals surface area contributed by atoms with Gasteiger partial charge in [-0.25, -0.2) is 4.99 Å². The van der Waals surface area contributed by atoms with Gasteiger partial charge in [0.2, 0.25) is 0 Å². The Morgan fingerprint density at radius 3 is 2.50 bits per heavy atom. The molecule has 0 atom stereocenters. The van der Waals surface area contributed by atoms with Crippen LogP contribution in [0.15, 0.2) is 4.99 Å². The molecule has 4 rings (SSSR count). The van der Waals surface area contributed by atoms with Crippen molar-refractivity contribution in [1.29, 1.82) is 0 Å². The lowest BCUT2D eigenvalue weighted by molar-refractivity contribution is 0.115. The van der Waals surface area contributed by atoms with E-state index in [1.165, 1.54) is 70.8 Å². The molecular formula is C20H34N6. The van der Waals surface area contributed by atoms with E-state index in [1.54, 1.807) is 0 Å². The summed E-state index contributed by atoms with van der Waals surface area (Å²) in [7, 11) is 2.02. The molecule has 2 saturated carbocycles. The van der Waals surface area contributed by atoms with Crippen molar-refractivity contribution in [3.8, 4) is 0 Å². The van der Waals surface area contributed by atoms with Crippen LogP contribution in [0.2, 0.25) is 0 Å². The third kappa shape index (κ3) is 4.04. The second kappa shape index (κ2) is 7.57. The molecule has 3 fully saturated rings. The molecule has 6 nitrogen and oxygen atoms in total. The Morgan fingerprint density at radius 1 is 1.12 bits per heavy atom. The molecule has 0 amide bonds. The highest BCUT2D eigenvalue weighted by Crippen LogP contribution is 2.42. The molecule has 1 aliphatic heterocycles. The van der Waals surface area contributed by atoms with E-state index < -0.39 is 0 Å². The summed E-state index contributed by atoms with van der Waals surface area (Å²) in [6, 6.07) is 0.627. The van der Waals surface area contributed by atoms with Crippen LogP contribution in [0.4, 0.5) is 0 Å². The first kappa shape index (κ1) is 17.8. The molecule has 0 bridgehead atoms. The molecule has 2 heterocycles. The Bertz CT molecular complexity index is 637. The number of nitrogens with zero attached hydrogens (tertiary/aromatic N) is 5. The smallest absolute Gasteiger partial charge is 0.194 e. The molecule has 0 unspecified atom stereocenters. The van der Waals surface area contributed by atoms with Crippen molar-refractivity contribution in [3.63, 3.8) is 0 Å². The van der Waals surface area contributed by atoms with Gasteiger partial charge in [0.15, 0.2) is 11.8 Å². The second-order valence-corrected chi connectivity index (χ2v) is 8.72. The fourth-order valence-corrected chi connectivity index (χ4v) is 4.66. The Labute approximate surface area is 157 Å². The first-order valence-electron chi connectivity index (χ1n) is 10.6. The number of guanidine groups is 1. The van der Waals surface area contributed by atoms with Crippen LogP contribution < -0.4 is 5.32 Å². The van der Waals surface area contributed by atoms with Crippen LogP contribution in [-0.2, 0) is 13.6 Å². The highest BCUT2D eigenvalue weighted by molar-refractivity contribution is 5.80. The predicted molar refractivity (Wildman–Crippen MR) is 104 cm³/mol. The molecule has 1 aromatic heterocycles. The quantitative estimate of drug-likeness (QED) is 0.666. The van der Waals surface area contributed by atoms with E-state index in [0.717, 1.165) is 24.2 Å². The monoisotopic (exact) mass is 358 g/mol. The number of hydrogen-bond acceptors (Lipinski definition) is 3. The van der Waals surface area contributed by atoms with Gasteiger partial charge in [-0.2, -0.15) is 0 Å². The minimum Gasteiger partial charge on any atom is -0.353 e. The van der Waals surface area contributed by atoms with Gasteiger partial charge in [-0.05, 0) is 50.9 Å². The maximum atomic E-state index is 4.98. The van der Waals surface area contributed by atoms with Gasteiger partial charge in [0.05, 0.1) is 0 Å². The van der Waals surface area contributed by atoms with Gasteiger partial charge >= 0.3 is 0 Å². The highest BCUT2D eigenvalue weighted by atomic mass is 15.3. The Balaban J connectivity index is 1.49. The van der Waals surface area contributed by atoms with Gasteiger partial charge in [0.1, 0.15) is 12.4 Å². The number of piperidine rings is 1. The zero-order chi connectivity index (χ0) is 18.0. The van der Waals surface area contributed by atoms with E-state index in [4.69, 9.17) is 4.99 Å². The van der Waals surface area contributed by atoms with Crippen LogP contribution in [0.3, 0.4) is 0 Å². The summed E-state index contributed by atoms with van der Waals surface area (Å²) in [5, 5.41) is 12.2. The average molecular weight is 359 g/mol. The summed E-state index contributed by atoms with van der Waals surface area (Å²) in [6.45, 7) is 4.92. The SMILES string of the molecule is Cc1nnc(CN=C(NC2CC2)N2CCCC3(CCCCCC3)C2)n1C. The van der Waals surface area contributed by atoms with E-state index in [1.807, 2.05) is 18.5 Å². The molecular weight excluding hydrogens is 324 g/mol. The van der Waals surface area contributed by atoms with Crippen LogP contribution in [0.1, 0.15) is 75.9 Å². The molecule has 2 aliphatic carbocycles. The summed E-state index contributed by atoms with van der Waals surface area (Å²) in [5.74, 6) is 3.00. The van der Waals surface area contributed by atoms with Crippen molar-refractivity contribution in [2.75, 3.05) is 13.1 Å². The van der Waals surface area contributed by atoms with Gasteiger partial charge in [0, 0.05) is 26.2 Å². The molecule has 1 N–H and O–H groups in total. The van der Waals surface area contributed by atoms with Crippen molar-refractivity contribution in [3.05, 3.63) is 11.6 Å². The van der Waals surface area contributed by atoms with Crippen molar-refractivity contribution in [1.82, 2.24) is 25.0 Å². The summed E-state index contributed by atoms with van der Waals surface area (Å²) in [6.07, 6.45) is 13.7. The maximum Gasteiger partial charge on any atom is 0.194 e. The van der Waals surface area contributed by atoms with Crippen LogP contribution in [-0.4, -0.2) is 44.8 Å². The van der Waals surface area contributed by atoms with E-state index in [-0.39, 0.29) is 0 Å². The fourth-order valence-electron chi connectivity index (χ4n) is 4.66. The molecule has 3 aliphatic rings. The minimum absolute atomic E-state index is 0.530. The topological polar surface area (TPSA) is 58.3 Å². The van der Waals surface area contributed by atoms with Gasteiger partial charge in [-0.3, -0.25) is 0 Å². The Kier molecular flexibility index (Phi) is 5.18. The van der Waals surface area contributed by atoms with E-state index in [0.29, 0.717) is 18.0 Å². The van der Waals surface area contributed by atoms with Gasteiger partial charge in [-0.15, -0.1) is 10.2 Å². The number of aliphatic imine (C=N–C) groups is 1. The number of aromatic nitrogens is 3. The first-order chi connectivity index (χ1) is 12.7. The summed E-state index contributed by atoms with van der Waals surface area (Å²) >= 11 is 0. The van der Waals surface area contributed by atoms with Crippen LogP contribution >= 0.6 is 0 Å². The van der Waals surface area contributed by atoms with E-state index >= 15 is 0 Å². The average Bonchev–Trinajstić information content (AvgIpc) is 3.44. The molecule has 26 heavy (non-hydrogen) atoms. The van der Waals surface area contributed by atoms with Crippen molar-refractivity contribution in [2.45, 2.75) is 83.7 Å². The number of rotatable bonds is 3. The number of likely N-dealkylation sites (tertiary alicyclic amines) is 1. The van der Waals surface area contributed by atoms with Gasteiger partial charge in [0.25, 0.3) is 0 Å². The molecule has 1 saturated heterocycles. The standard InChI is InChI=1S/C20H34N6/c1-16-23-24-18(25(16)2)14-21-19(22-17-8-9-17)26-13-7-12-20(15-26)10-5-3-4-6-11-20/h17H,3-15H2,1-2H3,(H,21,22). The lowest BCUT2D eigenvalue weighted by atomic mass is 9.74. The zero-order valence-electron chi connectivity index (χ0n) is 16.5. The zero-order valence-corrected chi connectivity index (χ0v) is 16.5. The molecule has 0 aromatic carbocycles. The predicted octanol–water partition coefficient (Wildman–Crippen LogP) is 3.17. The van der Waals surface area contributed by atoms with Crippen LogP contribution in [0.25, 0.3) is 0 Å². The summed E-state index contributed by atoms with van der Waals surface area (Å²) in [5.41, 5.74) is 0.530. The Morgan fingerprint density at radius 2 is 1.85 bits per heavy atom. The number of hydrogen-bond donors (Lipinski definition) is 1. The Hall–Kier alpha value is -1.59. The lowest BCUT2D eigenvalue weighted by Crippen LogP contribution is -2.51. The second-order valence-electron chi connectivity index (χ2n) is 8.72. The highest BCUT2D eigenvalue weighted by Gasteiger charge is 2.37. The largest absolute Gasteiger partial charge is 0.353 e. The van der Waals surface area contributed by atoms with Crippen LogP contribution in [0.5, 0.6) is 0 Å². The van der Waals surface area contributed by atoms with Crippen molar-refractivity contribution < 1.29 is 0 Å². The van der Waals surface area contributed by atoms with E-state index in [9.17, 15) is 0 Å². The number of aryl methyl sites for hydroxylation is 1. The van der Waals surface area contributed by atoms with Gasteiger partial charge in [-0.1, -0.05) is 25.7 Å². The summed E-state index contributed by atoms with van der Waals surface area (Å²) < 4.78 is 2.04. The lowest BCUT2D eigenvalue weighted by Gasteiger charge is -2.44. The van der Waals surface area contributed by atoms with Crippen molar-refractivity contribution in [2.24, 2.45) is 17.5 Å². The summed E-state index contributed by atoms with van der Waals surface area (Å²) in [4.78, 5) is 7.53. The van der Waals surface area contributed by atoms with Crippen molar-refractivity contribution >= 4 is 5.96 Å². The molecule has 144 valence electrons. The molecule has 1 aromatic rings. The first-order valence-corrected chi connectivity index (χ1v) is 10.6. The molecule has 6 heteroatoms. The van der Waals surface area contributed by atoms with E-state index in [2.05, 4.69) is 20.4 Å². The minimum atomic E-state index is 0.530. The van der Waals surface area contributed by atoms with Crippen LogP contribution in [0, 0.1) is 12.3 Å². The van der Waals surface area contributed by atoms with Gasteiger partial charge < -0.3 is 14.8 Å². The number of nitrogens with one attached hydrogen (secondary N) is 1. The third-order valence-electron chi connectivity index (χ3n) is 6.59. The fraction of sp³-hybridized carbons (Fsp3) is 0.850. The molecule has 1 spiro atoms. The maximum absolute atomic E-state index is 4.98. The normalized spacial score (nSPS) is 23.9. The third-order valence-corrected chi connectivity index (χ3v) is 6.59. The molecule has 0 radical (unpaired) electrons.